The standard InChI is InChI=1S/4C6H7NO3S.Ti/c4*7-5-1-3-6(4-2-5)11(8,9)10;/h4*1-4H,7H2,(H,8,9,10);. The number of rotatable bonds is 4. The molecule has 12 N–H and O–H groups in total. The van der Waals surface area contributed by atoms with Crippen molar-refractivity contribution in [1.29, 1.82) is 0 Å². The van der Waals surface area contributed by atoms with Gasteiger partial charge in [-0.3, -0.25) is 18.2 Å². The molecular formula is C24H28N4O12S4Ti. The van der Waals surface area contributed by atoms with Crippen LogP contribution in [0.3, 0.4) is 0 Å². The first-order chi connectivity index (χ1) is 20.0. The van der Waals surface area contributed by atoms with Crippen LogP contribution in [0.5, 0.6) is 0 Å². The van der Waals surface area contributed by atoms with Gasteiger partial charge in [0.1, 0.15) is 0 Å². The minimum atomic E-state index is -4.08. The van der Waals surface area contributed by atoms with E-state index in [1.54, 1.807) is 0 Å². The number of benzene rings is 4. The zero-order chi connectivity index (χ0) is 33.9. The molecule has 21 heteroatoms. The second kappa shape index (κ2) is 17.2. The molecule has 0 heterocycles. The Kier molecular flexibility index (Phi) is 15.9. The van der Waals surface area contributed by atoms with Crippen LogP contribution in [0.15, 0.2) is 117 Å². The fourth-order valence-corrected chi connectivity index (χ4v) is 4.48. The number of hydrogen-bond acceptors (Lipinski definition) is 12. The summed E-state index contributed by atoms with van der Waals surface area (Å²) in [6, 6.07) is 21.2. The van der Waals surface area contributed by atoms with Crippen molar-refractivity contribution in [3.05, 3.63) is 97.1 Å². The third-order valence-electron chi connectivity index (χ3n) is 4.71. The topological polar surface area (TPSA) is 322 Å². The Morgan fingerprint density at radius 1 is 0.311 bits per heavy atom. The molecule has 4 rings (SSSR count). The molecule has 0 bridgehead atoms. The summed E-state index contributed by atoms with van der Waals surface area (Å²) in [4.78, 5) is -0.586. The van der Waals surface area contributed by atoms with E-state index in [-0.39, 0.29) is 41.3 Å². The number of hydrogen-bond donors (Lipinski definition) is 8. The molecule has 0 atom stereocenters. The maximum atomic E-state index is 10.5. The van der Waals surface area contributed by atoms with Gasteiger partial charge in [0, 0.05) is 44.5 Å². The molecule has 0 spiro atoms. The van der Waals surface area contributed by atoms with E-state index in [0.29, 0.717) is 22.7 Å². The quantitative estimate of drug-likeness (QED) is 0.0843. The third kappa shape index (κ3) is 16.4. The van der Waals surface area contributed by atoms with E-state index in [1.807, 2.05) is 0 Å². The van der Waals surface area contributed by atoms with Crippen LogP contribution in [0, 0.1) is 0 Å². The van der Waals surface area contributed by atoms with Gasteiger partial charge >= 0.3 is 0 Å². The first-order valence-corrected chi connectivity index (χ1v) is 17.1. The average Bonchev–Trinajstić information content (AvgIpc) is 2.89. The molecule has 4 aromatic carbocycles. The molecule has 0 saturated heterocycles. The van der Waals surface area contributed by atoms with Crippen LogP contribution in [0.25, 0.3) is 0 Å². The van der Waals surface area contributed by atoms with Crippen LogP contribution in [0.4, 0.5) is 22.7 Å². The Morgan fingerprint density at radius 3 is 0.511 bits per heavy atom. The summed E-state index contributed by atoms with van der Waals surface area (Å²) in [6.45, 7) is 0. The van der Waals surface area contributed by atoms with Crippen LogP contribution in [0.1, 0.15) is 0 Å². The van der Waals surface area contributed by atoms with E-state index >= 15 is 0 Å². The molecular weight excluding hydrogens is 712 g/mol. The van der Waals surface area contributed by atoms with Crippen molar-refractivity contribution in [3.63, 3.8) is 0 Å². The maximum absolute atomic E-state index is 10.5. The summed E-state index contributed by atoms with van der Waals surface area (Å²) in [5.74, 6) is 0. The summed E-state index contributed by atoms with van der Waals surface area (Å²) in [6.07, 6.45) is 0. The second-order valence-electron chi connectivity index (χ2n) is 8.18. The van der Waals surface area contributed by atoms with Gasteiger partial charge in [0.25, 0.3) is 40.5 Å². The first-order valence-electron chi connectivity index (χ1n) is 11.3. The molecule has 0 unspecified atom stereocenters. The minimum Gasteiger partial charge on any atom is -0.399 e. The summed E-state index contributed by atoms with van der Waals surface area (Å²) in [5.41, 5.74) is 23.0. The summed E-state index contributed by atoms with van der Waals surface area (Å²) in [5, 5.41) is 0. The zero-order valence-corrected chi connectivity index (χ0v) is 27.6. The van der Waals surface area contributed by atoms with Crippen molar-refractivity contribution in [2.24, 2.45) is 0 Å². The van der Waals surface area contributed by atoms with E-state index in [2.05, 4.69) is 0 Å². The van der Waals surface area contributed by atoms with Gasteiger partial charge in [-0.1, -0.05) is 0 Å². The summed E-state index contributed by atoms with van der Waals surface area (Å²) in [7, 11) is -16.3. The zero-order valence-electron chi connectivity index (χ0n) is 22.7. The predicted molar refractivity (Wildman–Crippen MR) is 163 cm³/mol. The number of nitrogens with two attached hydrogens (primary N) is 4. The van der Waals surface area contributed by atoms with Crippen LogP contribution in [0.2, 0.25) is 0 Å². The first kappa shape index (κ1) is 41.4. The van der Waals surface area contributed by atoms with Gasteiger partial charge in [0.05, 0.1) is 19.6 Å². The van der Waals surface area contributed by atoms with Gasteiger partial charge in [-0.05, 0) is 97.1 Å². The van der Waals surface area contributed by atoms with Gasteiger partial charge < -0.3 is 22.9 Å². The molecule has 4 aromatic rings. The second-order valence-corrected chi connectivity index (χ2v) is 13.9. The van der Waals surface area contributed by atoms with E-state index < -0.39 is 40.5 Å². The maximum Gasteiger partial charge on any atom is 0.294 e. The van der Waals surface area contributed by atoms with Crippen LogP contribution < -0.4 is 22.9 Å². The molecule has 0 amide bonds. The van der Waals surface area contributed by atoms with Gasteiger partial charge in [0.15, 0.2) is 0 Å². The third-order valence-corrected chi connectivity index (χ3v) is 8.18. The molecule has 0 aliphatic heterocycles. The van der Waals surface area contributed by atoms with Crippen molar-refractivity contribution >= 4 is 63.2 Å². The number of anilines is 4. The molecule has 0 radical (unpaired) electrons. The van der Waals surface area contributed by atoms with Gasteiger partial charge in [0.2, 0.25) is 0 Å². The Hall–Kier alpha value is -3.57. The smallest absolute Gasteiger partial charge is 0.294 e. The normalized spacial score (nSPS) is 11.1. The Morgan fingerprint density at radius 2 is 0.422 bits per heavy atom. The number of nitrogen functional groups attached to an aromatic ring is 4. The fraction of sp³-hybridized carbons (Fsp3) is 0. The van der Waals surface area contributed by atoms with Gasteiger partial charge in [-0.15, -0.1) is 0 Å². The Balaban J connectivity index is 0.000000569. The molecule has 16 nitrogen and oxygen atoms in total. The predicted octanol–water partition coefficient (Wildman–Crippen LogP) is 2.06. The Bertz CT molecular complexity index is 1660. The molecule has 0 fully saturated rings. The molecule has 0 aliphatic carbocycles. The minimum absolute atomic E-state index is 0. The van der Waals surface area contributed by atoms with E-state index in [9.17, 15) is 33.7 Å². The van der Waals surface area contributed by atoms with Crippen LogP contribution in [-0.4, -0.2) is 51.9 Å². The fourth-order valence-electron chi connectivity index (χ4n) is 2.56. The van der Waals surface area contributed by atoms with Crippen molar-refractivity contribution in [2.75, 3.05) is 22.9 Å². The van der Waals surface area contributed by atoms with Crippen molar-refractivity contribution in [3.8, 4) is 0 Å². The monoisotopic (exact) mass is 740 g/mol. The van der Waals surface area contributed by atoms with Crippen LogP contribution in [-0.2, 0) is 62.2 Å². The van der Waals surface area contributed by atoms with Crippen LogP contribution >= 0.6 is 0 Å². The molecule has 244 valence electrons. The van der Waals surface area contributed by atoms with Crippen molar-refractivity contribution < 1.29 is 73.6 Å². The average molecular weight is 741 g/mol. The van der Waals surface area contributed by atoms with Crippen molar-refractivity contribution in [1.82, 2.24) is 0 Å². The summed E-state index contributed by atoms with van der Waals surface area (Å²) < 4.78 is 118. The largest absolute Gasteiger partial charge is 0.399 e. The van der Waals surface area contributed by atoms with Crippen molar-refractivity contribution in [2.45, 2.75) is 19.6 Å². The molecule has 0 aliphatic rings. The SMILES string of the molecule is Nc1ccc(S(=O)(=O)O)cc1.Nc1ccc(S(=O)(=O)O)cc1.Nc1ccc(S(=O)(=O)O)cc1.Nc1ccc(S(=O)(=O)O)cc1.[Ti]. The van der Waals surface area contributed by atoms with E-state index in [4.69, 9.17) is 41.1 Å². The summed E-state index contributed by atoms with van der Waals surface area (Å²) >= 11 is 0. The molecule has 0 saturated carbocycles. The van der Waals surface area contributed by atoms with Gasteiger partial charge in [-0.25, -0.2) is 0 Å². The van der Waals surface area contributed by atoms with E-state index in [1.165, 1.54) is 97.1 Å². The van der Waals surface area contributed by atoms with Gasteiger partial charge in [-0.2, -0.15) is 33.7 Å². The molecule has 0 aromatic heterocycles. The van der Waals surface area contributed by atoms with E-state index in [0.717, 1.165) is 0 Å². The molecule has 45 heavy (non-hydrogen) atoms. The Labute approximate surface area is 275 Å².